The molecule has 0 unspecified atom stereocenters. The van der Waals surface area contributed by atoms with Gasteiger partial charge in [0.15, 0.2) is 5.78 Å². The Morgan fingerprint density at radius 1 is 1.17 bits per heavy atom. The SMILES string of the molecule is CC1(C)c2cc(N3CCC(N)CC3)c(Cl)cc2C(=O)c2c1[nH]c1cc(N)ccc21. The van der Waals surface area contributed by atoms with Crippen molar-refractivity contribution in [3.8, 4) is 0 Å². The molecule has 0 saturated carbocycles. The predicted octanol–water partition coefficient (Wildman–Crippen LogP) is 4.20. The van der Waals surface area contributed by atoms with Crippen LogP contribution in [0.15, 0.2) is 30.3 Å². The van der Waals surface area contributed by atoms with Gasteiger partial charge >= 0.3 is 0 Å². The van der Waals surface area contributed by atoms with Gasteiger partial charge in [-0.2, -0.15) is 0 Å². The first-order valence-electron chi connectivity index (χ1n) is 10.1. The number of fused-ring (bicyclic) bond motifs is 4. The lowest BCUT2D eigenvalue weighted by Gasteiger charge is -2.36. The van der Waals surface area contributed by atoms with Gasteiger partial charge in [0.05, 0.1) is 16.3 Å². The van der Waals surface area contributed by atoms with E-state index in [2.05, 4.69) is 29.8 Å². The van der Waals surface area contributed by atoms with E-state index in [1.807, 2.05) is 24.3 Å². The summed E-state index contributed by atoms with van der Waals surface area (Å²) in [6.45, 7) is 6.06. The second-order valence-corrected chi connectivity index (χ2v) is 9.22. The van der Waals surface area contributed by atoms with E-state index in [0.717, 1.165) is 59.3 Å². The Morgan fingerprint density at radius 2 is 1.90 bits per heavy atom. The van der Waals surface area contributed by atoms with Crippen LogP contribution < -0.4 is 16.4 Å². The molecule has 6 heteroatoms. The van der Waals surface area contributed by atoms with Crippen molar-refractivity contribution < 1.29 is 4.79 Å². The first-order valence-corrected chi connectivity index (χ1v) is 10.5. The average molecular weight is 409 g/mol. The van der Waals surface area contributed by atoms with Crippen molar-refractivity contribution in [3.05, 3.63) is 57.7 Å². The molecule has 1 aliphatic heterocycles. The fourth-order valence-electron chi connectivity index (χ4n) is 4.84. The number of nitrogens with zero attached hydrogens (tertiary/aromatic N) is 1. The number of piperidine rings is 1. The molecule has 2 aliphatic rings. The van der Waals surface area contributed by atoms with E-state index in [1.165, 1.54) is 0 Å². The molecule has 150 valence electrons. The van der Waals surface area contributed by atoms with Crippen LogP contribution in [-0.4, -0.2) is 29.9 Å². The average Bonchev–Trinajstić information content (AvgIpc) is 3.06. The molecule has 5 nitrogen and oxygen atoms in total. The van der Waals surface area contributed by atoms with Gasteiger partial charge < -0.3 is 21.4 Å². The van der Waals surface area contributed by atoms with Crippen molar-refractivity contribution in [2.75, 3.05) is 23.7 Å². The number of aromatic amines is 1. The van der Waals surface area contributed by atoms with Crippen molar-refractivity contribution in [3.63, 3.8) is 0 Å². The number of halogens is 1. The summed E-state index contributed by atoms with van der Waals surface area (Å²) in [5.74, 6) is 0.0134. The molecule has 5 rings (SSSR count). The van der Waals surface area contributed by atoms with Crippen LogP contribution in [0.25, 0.3) is 10.9 Å². The third kappa shape index (κ3) is 2.68. The van der Waals surface area contributed by atoms with Crippen molar-refractivity contribution >= 4 is 39.7 Å². The van der Waals surface area contributed by atoms with Gasteiger partial charge in [0, 0.05) is 52.4 Å². The molecule has 1 fully saturated rings. The highest BCUT2D eigenvalue weighted by Crippen LogP contribution is 2.46. The quantitative estimate of drug-likeness (QED) is 0.526. The van der Waals surface area contributed by atoms with Crippen molar-refractivity contribution in [1.82, 2.24) is 4.98 Å². The first kappa shape index (κ1) is 18.5. The number of carbonyl (C=O) groups excluding carboxylic acids is 1. The van der Waals surface area contributed by atoms with E-state index in [-0.39, 0.29) is 17.2 Å². The third-order valence-electron chi connectivity index (χ3n) is 6.56. The highest BCUT2D eigenvalue weighted by Gasteiger charge is 2.40. The zero-order chi connectivity index (χ0) is 20.5. The van der Waals surface area contributed by atoms with E-state index in [9.17, 15) is 4.79 Å². The number of hydrogen-bond acceptors (Lipinski definition) is 4. The number of carbonyl (C=O) groups is 1. The zero-order valence-electron chi connectivity index (χ0n) is 16.7. The molecule has 1 saturated heterocycles. The number of rotatable bonds is 1. The Morgan fingerprint density at radius 3 is 2.62 bits per heavy atom. The zero-order valence-corrected chi connectivity index (χ0v) is 17.4. The molecule has 1 aliphatic carbocycles. The van der Waals surface area contributed by atoms with Crippen LogP contribution in [-0.2, 0) is 5.41 Å². The Kier molecular flexibility index (Phi) is 3.99. The summed E-state index contributed by atoms with van der Waals surface area (Å²) in [6, 6.07) is 9.85. The maximum atomic E-state index is 13.5. The summed E-state index contributed by atoms with van der Waals surface area (Å²) in [5.41, 5.74) is 17.6. The van der Waals surface area contributed by atoms with Crippen molar-refractivity contribution in [2.24, 2.45) is 5.73 Å². The smallest absolute Gasteiger partial charge is 0.195 e. The molecule has 1 aromatic heterocycles. The normalized spacial score (nSPS) is 18.8. The minimum Gasteiger partial charge on any atom is -0.399 e. The summed E-state index contributed by atoms with van der Waals surface area (Å²) >= 11 is 6.68. The van der Waals surface area contributed by atoms with Crippen LogP contribution in [0.1, 0.15) is 53.9 Å². The number of H-pyrrole nitrogens is 1. The topological polar surface area (TPSA) is 88.1 Å². The standard InChI is InChI=1S/C23H25ClN4O/c1-23(2)16-11-19(28-7-5-12(25)6-8-28)17(24)10-15(16)21(29)20-14-4-3-13(26)9-18(14)27-22(20)23/h3-4,9-12,27H,5-8,25-26H2,1-2H3. The maximum Gasteiger partial charge on any atom is 0.195 e. The summed E-state index contributed by atoms with van der Waals surface area (Å²) in [5, 5.41) is 1.53. The Hall–Kier alpha value is -2.50. The lowest BCUT2D eigenvalue weighted by Crippen LogP contribution is -2.40. The molecule has 0 amide bonds. The first-order chi connectivity index (χ1) is 13.8. The van der Waals surface area contributed by atoms with Gasteiger partial charge in [0.2, 0.25) is 0 Å². The number of nitrogens with two attached hydrogens (primary N) is 2. The lowest BCUT2D eigenvalue weighted by molar-refractivity contribution is 0.103. The fourth-order valence-corrected chi connectivity index (χ4v) is 5.12. The molecular formula is C23H25ClN4O. The maximum absolute atomic E-state index is 13.5. The Balaban J connectivity index is 1.69. The van der Waals surface area contributed by atoms with Crippen LogP contribution in [0.2, 0.25) is 5.02 Å². The van der Waals surface area contributed by atoms with E-state index in [4.69, 9.17) is 23.1 Å². The van der Waals surface area contributed by atoms with Gasteiger partial charge in [-0.15, -0.1) is 0 Å². The molecule has 0 radical (unpaired) electrons. The highest BCUT2D eigenvalue weighted by molar-refractivity contribution is 6.34. The molecule has 5 N–H and O–H groups in total. The highest BCUT2D eigenvalue weighted by atomic mass is 35.5. The van der Waals surface area contributed by atoms with E-state index < -0.39 is 0 Å². The fraction of sp³-hybridized carbons (Fsp3) is 0.348. The summed E-state index contributed by atoms with van der Waals surface area (Å²) in [6.07, 6.45) is 1.90. The van der Waals surface area contributed by atoms with Gasteiger partial charge in [-0.25, -0.2) is 0 Å². The Bertz CT molecular complexity index is 1160. The molecule has 3 aromatic rings. The minimum atomic E-state index is -0.363. The largest absolute Gasteiger partial charge is 0.399 e. The molecule has 0 atom stereocenters. The third-order valence-corrected chi connectivity index (χ3v) is 6.86. The second-order valence-electron chi connectivity index (χ2n) is 8.81. The molecule has 29 heavy (non-hydrogen) atoms. The van der Waals surface area contributed by atoms with E-state index in [1.54, 1.807) is 0 Å². The molecule has 2 heterocycles. The summed E-state index contributed by atoms with van der Waals surface area (Å²) in [4.78, 5) is 19.3. The van der Waals surface area contributed by atoms with Gasteiger partial charge in [-0.1, -0.05) is 31.5 Å². The second kappa shape index (κ2) is 6.25. The van der Waals surface area contributed by atoms with Gasteiger partial charge in [0.1, 0.15) is 0 Å². The van der Waals surface area contributed by atoms with E-state index in [0.29, 0.717) is 16.3 Å². The lowest BCUT2D eigenvalue weighted by atomic mass is 9.71. The van der Waals surface area contributed by atoms with Gasteiger partial charge in [-0.3, -0.25) is 4.79 Å². The molecule has 0 bridgehead atoms. The van der Waals surface area contributed by atoms with Crippen molar-refractivity contribution in [1.29, 1.82) is 0 Å². The van der Waals surface area contributed by atoms with Crippen LogP contribution in [0.4, 0.5) is 11.4 Å². The molecule has 2 aromatic carbocycles. The Labute approximate surface area is 175 Å². The monoisotopic (exact) mass is 408 g/mol. The van der Waals surface area contributed by atoms with Crippen LogP contribution in [0, 0.1) is 0 Å². The summed E-state index contributed by atoms with van der Waals surface area (Å²) in [7, 11) is 0. The van der Waals surface area contributed by atoms with Gasteiger partial charge in [0.25, 0.3) is 0 Å². The summed E-state index contributed by atoms with van der Waals surface area (Å²) < 4.78 is 0. The van der Waals surface area contributed by atoms with Crippen LogP contribution >= 0.6 is 11.6 Å². The number of benzene rings is 2. The molecular weight excluding hydrogens is 384 g/mol. The van der Waals surface area contributed by atoms with Gasteiger partial charge in [-0.05, 0) is 42.7 Å². The van der Waals surface area contributed by atoms with Crippen molar-refractivity contribution in [2.45, 2.75) is 38.1 Å². The number of ketones is 1. The number of anilines is 2. The predicted molar refractivity (Wildman–Crippen MR) is 119 cm³/mol. The number of nitrogens with one attached hydrogen (secondary N) is 1. The van der Waals surface area contributed by atoms with E-state index >= 15 is 0 Å². The number of nitrogen functional groups attached to an aromatic ring is 1. The van der Waals surface area contributed by atoms with Crippen LogP contribution in [0.5, 0.6) is 0 Å². The number of aromatic nitrogens is 1. The molecule has 0 spiro atoms. The van der Waals surface area contributed by atoms with Crippen LogP contribution in [0.3, 0.4) is 0 Å². The minimum absolute atomic E-state index is 0.0134. The number of hydrogen-bond donors (Lipinski definition) is 3.